The monoisotopic (exact) mass is 418 g/mol. The van der Waals surface area contributed by atoms with Crippen molar-refractivity contribution in [3.63, 3.8) is 0 Å². The molecule has 0 N–H and O–H groups in total. The Labute approximate surface area is 140 Å². The number of nitrogens with zero attached hydrogens (tertiary/aromatic N) is 2. The van der Waals surface area contributed by atoms with Gasteiger partial charge in [0.15, 0.2) is 5.78 Å². The first kappa shape index (κ1) is 16.0. The number of carbonyl (C=O) groups is 1. The van der Waals surface area contributed by atoms with Crippen LogP contribution >= 0.6 is 34.2 Å². The van der Waals surface area contributed by atoms with Gasteiger partial charge in [0, 0.05) is 5.56 Å². The van der Waals surface area contributed by atoms with Crippen LogP contribution in [0.25, 0.3) is 0 Å². The molecule has 0 saturated carbocycles. The van der Waals surface area contributed by atoms with Gasteiger partial charge < -0.3 is 4.74 Å². The second-order valence-electron chi connectivity index (χ2n) is 4.35. The second-order valence-corrected chi connectivity index (χ2v) is 5.84. The molecule has 0 atom stereocenters. The number of aryl methyl sites for hydroxylation is 1. The van der Waals surface area contributed by atoms with Crippen LogP contribution in [0.3, 0.4) is 0 Å². The van der Waals surface area contributed by atoms with Gasteiger partial charge in [0.2, 0.25) is 0 Å². The molecule has 0 fully saturated rings. The Morgan fingerprint density at radius 2 is 2.19 bits per heavy atom. The van der Waals surface area contributed by atoms with Crippen molar-refractivity contribution in [3.8, 4) is 5.75 Å². The Morgan fingerprint density at radius 1 is 1.48 bits per heavy atom. The van der Waals surface area contributed by atoms with Crippen LogP contribution < -0.4 is 10.3 Å². The molecule has 7 heteroatoms. The van der Waals surface area contributed by atoms with Gasteiger partial charge in [-0.2, -0.15) is 0 Å². The Bertz CT molecular complexity index is 758. The van der Waals surface area contributed by atoms with Crippen molar-refractivity contribution in [2.75, 3.05) is 7.11 Å². The van der Waals surface area contributed by atoms with E-state index in [0.717, 1.165) is 0 Å². The Balaban J connectivity index is 2.28. The Hall–Kier alpha value is -1.41. The van der Waals surface area contributed by atoms with Crippen LogP contribution in [0.5, 0.6) is 5.75 Å². The number of carbonyl (C=O) groups excluding carboxylic acids is 1. The van der Waals surface area contributed by atoms with E-state index >= 15 is 0 Å². The van der Waals surface area contributed by atoms with Crippen molar-refractivity contribution in [2.24, 2.45) is 0 Å². The molecule has 1 heterocycles. The molecule has 0 aliphatic carbocycles. The summed E-state index contributed by atoms with van der Waals surface area (Å²) in [5.74, 6) is 0.278. The SMILES string of the molecule is COc1ccc(C(=O)Cn2cnc(C)c(I)c2=O)cc1Cl. The molecule has 2 aromatic rings. The number of hydrogen-bond acceptors (Lipinski definition) is 4. The summed E-state index contributed by atoms with van der Waals surface area (Å²) in [6.45, 7) is 1.67. The smallest absolute Gasteiger partial charge is 0.267 e. The van der Waals surface area contributed by atoms with Crippen molar-refractivity contribution in [2.45, 2.75) is 13.5 Å². The number of halogens is 2. The van der Waals surface area contributed by atoms with Gasteiger partial charge in [-0.3, -0.25) is 14.2 Å². The maximum absolute atomic E-state index is 12.2. The fourth-order valence-electron chi connectivity index (χ4n) is 1.74. The molecule has 1 aromatic heterocycles. The van der Waals surface area contributed by atoms with Crippen molar-refractivity contribution >= 4 is 40.0 Å². The van der Waals surface area contributed by atoms with Crippen LogP contribution in [0.2, 0.25) is 5.02 Å². The molecule has 0 amide bonds. The van der Waals surface area contributed by atoms with Gasteiger partial charge in [0.05, 0.1) is 34.3 Å². The number of ketones is 1. The highest BCUT2D eigenvalue weighted by molar-refractivity contribution is 14.1. The molecule has 0 unspecified atom stereocenters. The summed E-state index contributed by atoms with van der Waals surface area (Å²) in [4.78, 5) is 28.4. The molecular formula is C14H12ClIN2O3. The van der Waals surface area contributed by atoms with Crippen LogP contribution in [0, 0.1) is 10.5 Å². The van der Waals surface area contributed by atoms with E-state index in [-0.39, 0.29) is 17.9 Å². The first-order valence-electron chi connectivity index (χ1n) is 6.02. The van der Waals surface area contributed by atoms with Crippen molar-refractivity contribution in [3.05, 3.63) is 54.7 Å². The van der Waals surface area contributed by atoms with Crippen LogP contribution in [0.1, 0.15) is 16.1 Å². The van der Waals surface area contributed by atoms with Gasteiger partial charge in [-0.25, -0.2) is 4.98 Å². The molecule has 0 spiro atoms. The first-order valence-corrected chi connectivity index (χ1v) is 7.48. The predicted octanol–water partition coefficient (Wildman–Crippen LogP) is 2.70. The molecule has 21 heavy (non-hydrogen) atoms. The highest BCUT2D eigenvalue weighted by atomic mass is 127. The lowest BCUT2D eigenvalue weighted by Crippen LogP contribution is -2.27. The van der Waals surface area contributed by atoms with Crippen LogP contribution in [0.15, 0.2) is 29.3 Å². The Kier molecular flexibility index (Phi) is 5.00. The van der Waals surface area contributed by atoms with Crippen molar-refractivity contribution < 1.29 is 9.53 Å². The fraction of sp³-hybridized carbons (Fsp3) is 0.214. The van der Waals surface area contributed by atoms with E-state index in [1.165, 1.54) is 24.1 Å². The molecule has 2 rings (SSSR count). The quantitative estimate of drug-likeness (QED) is 0.566. The minimum absolute atomic E-state index is 0.0786. The zero-order valence-corrected chi connectivity index (χ0v) is 14.3. The van der Waals surface area contributed by atoms with E-state index in [4.69, 9.17) is 16.3 Å². The van der Waals surface area contributed by atoms with Gasteiger partial charge in [0.1, 0.15) is 5.75 Å². The van der Waals surface area contributed by atoms with Crippen LogP contribution in [0.4, 0.5) is 0 Å². The highest BCUT2D eigenvalue weighted by Crippen LogP contribution is 2.25. The summed E-state index contributed by atoms with van der Waals surface area (Å²) in [6.07, 6.45) is 1.38. The molecule has 0 radical (unpaired) electrons. The van der Waals surface area contributed by atoms with E-state index in [0.29, 0.717) is 25.6 Å². The van der Waals surface area contributed by atoms with E-state index in [1.54, 1.807) is 19.1 Å². The molecule has 5 nitrogen and oxygen atoms in total. The molecule has 0 saturated heterocycles. The largest absolute Gasteiger partial charge is 0.495 e. The average molecular weight is 419 g/mol. The Morgan fingerprint density at radius 3 is 2.81 bits per heavy atom. The summed E-state index contributed by atoms with van der Waals surface area (Å²) in [6, 6.07) is 4.76. The third-order valence-corrected chi connectivity index (χ3v) is 4.48. The number of hydrogen-bond donors (Lipinski definition) is 0. The molecular weight excluding hydrogens is 407 g/mol. The lowest BCUT2D eigenvalue weighted by atomic mass is 10.1. The van der Waals surface area contributed by atoms with Gasteiger partial charge in [-0.15, -0.1) is 0 Å². The zero-order valence-electron chi connectivity index (χ0n) is 11.4. The number of benzene rings is 1. The minimum atomic E-state index is -0.226. The summed E-state index contributed by atoms with van der Waals surface area (Å²) < 4.78 is 6.83. The van der Waals surface area contributed by atoms with Crippen LogP contribution in [-0.2, 0) is 6.54 Å². The lowest BCUT2D eigenvalue weighted by Gasteiger charge is -2.08. The third-order valence-electron chi connectivity index (χ3n) is 2.94. The number of rotatable bonds is 4. The minimum Gasteiger partial charge on any atom is -0.495 e. The standard InChI is InChI=1S/C14H12ClIN2O3/c1-8-13(16)14(20)18(7-17-8)6-11(19)9-3-4-12(21-2)10(15)5-9/h3-5,7H,6H2,1-2H3. The third kappa shape index (κ3) is 3.44. The number of methoxy groups -OCH3 is 1. The maximum Gasteiger partial charge on any atom is 0.267 e. The zero-order chi connectivity index (χ0) is 15.6. The fourth-order valence-corrected chi connectivity index (χ4v) is 2.45. The number of Topliss-reactive ketones (excluding diaryl/α,β-unsaturated/α-hetero) is 1. The highest BCUT2D eigenvalue weighted by Gasteiger charge is 2.12. The molecule has 1 aromatic carbocycles. The van der Waals surface area contributed by atoms with Gasteiger partial charge in [-0.1, -0.05) is 11.6 Å². The molecule has 0 aliphatic rings. The average Bonchev–Trinajstić information content (AvgIpc) is 2.47. The predicted molar refractivity (Wildman–Crippen MR) is 88.3 cm³/mol. The van der Waals surface area contributed by atoms with Gasteiger partial charge in [0.25, 0.3) is 5.56 Å². The van der Waals surface area contributed by atoms with E-state index in [1.807, 2.05) is 22.6 Å². The maximum atomic E-state index is 12.2. The number of aromatic nitrogens is 2. The van der Waals surface area contributed by atoms with E-state index in [9.17, 15) is 9.59 Å². The normalized spacial score (nSPS) is 10.5. The van der Waals surface area contributed by atoms with E-state index < -0.39 is 0 Å². The van der Waals surface area contributed by atoms with Crippen LogP contribution in [-0.4, -0.2) is 22.4 Å². The topological polar surface area (TPSA) is 61.2 Å². The molecule has 110 valence electrons. The second kappa shape index (κ2) is 6.57. The lowest BCUT2D eigenvalue weighted by molar-refractivity contribution is 0.0970. The van der Waals surface area contributed by atoms with E-state index in [2.05, 4.69) is 4.98 Å². The molecule has 0 aliphatic heterocycles. The van der Waals surface area contributed by atoms with Crippen molar-refractivity contribution in [1.82, 2.24) is 9.55 Å². The number of ether oxygens (including phenoxy) is 1. The summed E-state index contributed by atoms with van der Waals surface area (Å²) in [7, 11) is 1.50. The summed E-state index contributed by atoms with van der Waals surface area (Å²) >= 11 is 7.92. The first-order chi connectivity index (χ1) is 9.93. The summed E-state index contributed by atoms with van der Waals surface area (Å²) in [5, 5.41) is 0.354. The summed E-state index contributed by atoms with van der Waals surface area (Å²) in [5.41, 5.74) is 0.844. The van der Waals surface area contributed by atoms with Crippen molar-refractivity contribution in [1.29, 1.82) is 0 Å². The van der Waals surface area contributed by atoms with Gasteiger partial charge in [-0.05, 0) is 47.7 Å². The van der Waals surface area contributed by atoms with Gasteiger partial charge >= 0.3 is 0 Å². The molecule has 0 bridgehead atoms.